The second-order valence-corrected chi connectivity index (χ2v) is 5.10. The lowest BCUT2D eigenvalue weighted by molar-refractivity contribution is -0.122. The van der Waals surface area contributed by atoms with Crippen LogP contribution in [0, 0.1) is 0 Å². The van der Waals surface area contributed by atoms with Gasteiger partial charge in [0.25, 0.3) is 0 Å². The van der Waals surface area contributed by atoms with E-state index in [0.29, 0.717) is 13.0 Å². The predicted octanol–water partition coefficient (Wildman–Crippen LogP) is 0.824. The first-order chi connectivity index (χ1) is 8.26. The van der Waals surface area contributed by atoms with Gasteiger partial charge in [0.15, 0.2) is 0 Å². The third-order valence-corrected chi connectivity index (χ3v) is 1.94. The molecule has 8 heteroatoms. The Morgan fingerprint density at radius 3 is 2.56 bits per heavy atom. The Morgan fingerprint density at radius 2 is 2.00 bits per heavy atom. The third kappa shape index (κ3) is 5.62. The monoisotopic (exact) mass is 272 g/mol. The number of rotatable bonds is 4. The first-order valence-corrected chi connectivity index (χ1v) is 5.86. The number of nitrogens with zero attached hydrogens (tertiary/aromatic N) is 3. The zero-order chi connectivity index (χ0) is 13.8. The van der Waals surface area contributed by atoms with Gasteiger partial charge in [-0.3, -0.25) is 4.79 Å². The predicted molar refractivity (Wildman–Crippen MR) is 70.3 cm³/mol. The second kappa shape index (κ2) is 5.81. The van der Waals surface area contributed by atoms with Crippen molar-refractivity contribution in [2.75, 3.05) is 17.6 Å². The van der Waals surface area contributed by atoms with E-state index >= 15 is 0 Å². The molecule has 0 saturated carbocycles. The van der Waals surface area contributed by atoms with Crippen molar-refractivity contribution in [1.29, 1.82) is 0 Å². The van der Waals surface area contributed by atoms with Crippen molar-refractivity contribution in [3.8, 4) is 0 Å². The molecule has 0 fully saturated rings. The number of hydrogen-bond donors (Lipinski definition) is 3. The minimum absolute atomic E-state index is 0.0177. The van der Waals surface area contributed by atoms with Gasteiger partial charge in [-0.15, -0.1) is 0 Å². The number of halogens is 1. The molecule has 1 aromatic heterocycles. The van der Waals surface area contributed by atoms with Crippen molar-refractivity contribution in [3.05, 3.63) is 5.28 Å². The molecule has 0 aliphatic heterocycles. The molecule has 1 rings (SSSR count). The van der Waals surface area contributed by atoms with E-state index in [1.807, 2.05) is 20.8 Å². The Kier molecular flexibility index (Phi) is 4.66. The SMILES string of the molecule is CC(C)(C)NC(=O)CCNc1nc(N)nc(Cl)n1. The summed E-state index contributed by atoms with van der Waals surface area (Å²) in [6.07, 6.45) is 0.306. The van der Waals surface area contributed by atoms with Crippen molar-refractivity contribution in [2.24, 2.45) is 0 Å². The molecule has 0 unspecified atom stereocenters. The van der Waals surface area contributed by atoms with E-state index in [9.17, 15) is 4.79 Å². The molecule has 0 spiro atoms. The van der Waals surface area contributed by atoms with E-state index in [0.717, 1.165) is 0 Å². The third-order valence-electron chi connectivity index (χ3n) is 1.78. The lowest BCUT2D eigenvalue weighted by atomic mass is 10.1. The summed E-state index contributed by atoms with van der Waals surface area (Å²) in [4.78, 5) is 22.8. The van der Waals surface area contributed by atoms with Gasteiger partial charge in [0, 0.05) is 18.5 Å². The highest BCUT2D eigenvalue weighted by atomic mass is 35.5. The minimum Gasteiger partial charge on any atom is -0.368 e. The summed E-state index contributed by atoms with van der Waals surface area (Å²) in [5.74, 6) is 0.246. The van der Waals surface area contributed by atoms with Gasteiger partial charge < -0.3 is 16.4 Å². The Bertz CT molecular complexity index is 411. The number of nitrogen functional groups attached to an aromatic ring is 1. The largest absolute Gasteiger partial charge is 0.368 e. The maximum atomic E-state index is 11.5. The molecular formula is C10H17ClN6O. The zero-order valence-corrected chi connectivity index (χ0v) is 11.4. The summed E-state index contributed by atoms with van der Waals surface area (Å²) in [6.45, 7) is 6.15. The average molecular weight is 273 g/mol. The van der Waals surface area contributed by atoms with Crippen LogP contribution in [0.25, 0.3) is 0 Å². The lowest BCUT2D eigenvalue weighted by Crippen LogP contribution is -2.41. The fourth-order valence-electron chi connectivity index (χ4n) is 1.21. The van der Waals surface area contributed by atoms with Crippen molar-refractivity contribution in [3.63, 3.8) is 0 Å². The summed E-state index contributed by atoms with van der Waals surface area (Å²) in [5, 5.41) is 5.72. The number of hydrogen-bond acceptors (Lipinski definition) is 6. The molecule has 0 bridgehead atoms. The molecule has 0 radical (unpaired) electrons. The molecule has 100 valence electrons. The average Bonchev–Trinajstić information content (AvgIpc) is 2.12. The highest BCUT2D eigenvalue weighted by Gasteiger charge is 2.13. The van der Waals surface area contributed by atoms with E-state index in [1.165, 1.54) is 0 Å². The van der Waals surface area contributed by atoms with Crippen molar-refractivity contribution < 1.29 is 4.79 Å². The van der Waals surface area contributed by atoms with Gasteiger partial charge in [-0.1, -0.05) is 0 Å². The first-order valence-electron chi connectivity index (χ1n) is 5.48. The summed E-state index contributed by atoms with van der Waals surface area (Å²) in [5.41, 5.74) is 5.17. The smallest absolute Gasteiger partial charge is 0.228 e. The molecule has 0 saturated heterocycles. The summed E-state index contributed by atoms with van der Waals surface area (Å²) >= 11 is 5.62. The molecule has 7 nitrogen and oxygen atoms in total. The number of nitrogens with one attached hydrogen (secondary N) is 2. The maximum absolute atomic E-state index is 11.5. The molecule has 0 aliphatic carbocycles. The van der Waals surface area contributed by atoms with Crippen LogP contribution in [0.3, 0.4) is 0 Å². The quantitative estimate of drug-likeness (QED) is 0.749. The van der Waals surface area contributed by atoms with E-state index in [1.54, 1.807) is 0 Å². The van der Waals surface area contributed by atoms with Crippen LogP contribution in [0.4, 0.5) is 11.9 Å². The number of amides is 1. The van der Waals surface area contributed by atoms with Gasteiger partial charge in [0.05, 0.1) is 0 Å². The molecule has 1 amide bonds. The first kappa shape index (κ1) is 14.4. The van der Waals surface area contributed by atoms with Crippen LogP contribution in [0.2, 0.25) is 5.28 Å². The van der Waals surface area contributed by atoms with Crippen LogP contribution in [0.1, 0.15) is 27.2 Å². The van der Waals surface area contributed by atoms with Crippen LogP contribution in [0.5, 0.6) is 0 Å². The van der Waals surface area contributed by atoms with Gasteiger partial charge in [-0.2, -0.15) is 15.0 Å². The van der Waals surface area contributed by atoms with E-state index in [4.69, 9.17) is 17.3 Å². The summed E-state index contributed by atoms with van der Waals surface area (Å²) < 4.78 is 0. The Labute approximate surface area is 111 Å². The summed E-state index contributed by atoms with van der Waals surface area (Å²) in [7, 11) is 0. The van der Waals surface area contributed by atoms with Gasteiger partial charge in [-0.25, -0.2) is 0 Å². The molecule has 1 heterocycles. The van der Waals surface area contributed by atoms with Crippen LogP contribution < -0.4 is 16.4 Å². The molecule has 4 N–H and O–H groups in total. The Morgan fingerprint density at radius 1 is 1.33 bits per heavy atom. The molecule has 0 aliphatic rings. The van der Waals surface area contributed by atoms with Crippen molar-refractivity contribution in [2.45, 2.75) is 32.7 Å². The van der Waals surface area contributed by atoms with Crippen molar-refractivity contribution in [1.82, 2.24) is 20.3 Å². The van der Waals surface area contributed by atoms with Crippen LogP contribution >= 0.6 is 11.6 Å². The van der Waals surface area contributed by atoms with Crippen LogP contribution in [0.15, 0.2) is 0 Å². The van der Waals surface area contributed by atoms with Gasteiger partial charge >= 0.3 is 0 Å². The van der Waals surface area contributed by atoms with Crippen LogP contribution in [-0.2, 0) is 4.79 Å². The second-order valence-electron chi connectivity index (χ2n) is 4.76. The standard InChI is InChI=1S/C10H17ClN6O/c1-10(2,3)17-6(18)4-5-13-9-15-7(11)14-8(12)16-9/h4-5H2,1-3H3,(H,17,18)(H3,12,13,14,15,16). The minimum atomic E-state index is -0.238. The van der Waals surface area contributed by atoms with Gasteiger partial charge in [-0.05, 0) is 32.4 Å². The zero-order valence-electron chi connectivity index (χ0n) is 10.6. The Hall–Kier alpha value is -1.63. The normalized spacial score (nSPS) is 11.1. The number of aromatic nitrogens is 3. The fourth-order valence-corrected chi connectivity index (χ4v) is 1.38. The van der Waals surface area contributed by atoms with E-state index in [-0.39, 0.29) is 28.6 Å². The topological polar surface area (TPSA) is 106 Å². The highest BCUT2D eigenvalue weighted by Crippen LogP contribution is 2.06. The lowest BCUT2D eigenvalue weighted by Gasteiger charge is -2.20. The van der Waals surface area contributed by atoms with Gasteiger partial charge in [0.2, 0.25) is 23.1 Å². The number of carbonyl (C=O) groups is 1. The molecule has 1 aromatic rings. The molecule has 0 atom stereocenters. The Balaban J connectivity index is 2.40. The van der Waals surface area contributed by atoms with E-state index < -0.39 is 0 Å². The highest BCUT2D eigenvalue weighted by molar-refractivity contribution is 6.28. The van der Waals surface area contributed by atoms with Crippen LogP contribution in [-0.4, -0.2) is 32.9 Å². The molecule has 18 heavy (non-hydrogen) atoms. The number of anilines is 2. The summed E-state index contributed by atoms with van der Waals surface area (Å²) in [6, 6.07) is 0. The molecule has 0 aromatic carbocycles. The molecular weight excluding hydrogens is 256 g/mol. The number of carbonyl (C=O) groups excluding carboxylic acids is 1. The maximum Gasteiger partial charge on any atom is 0.228 e. The van der Waals surface area contributed by atoms with Crippen molar-refractivity contribution >= 4 is 29.4 Å². The van der Waals surface area contributed by atoms with E-state index in [2.05, 4.69) is 25.6 Å². The number of nitrogens with two attached hydrogens (primary N) is 1. The van der Waals surface area contributed by atoms with Gasteiger partial charge in [0.1, 0.15) is 0 Å². The fraction of sp³-hybridized carbons (Fsp3) is 0.600.